The third-order valence-corrected chi connectivity index (χ3v) is 3.07. The van der Waals surface area contributed by atoms with Gasteiger partial charge in [-0.1, -0.05) is 0 Å². The van der Waals surface area contributed by atoms with E-state index in [1.54, 1.807) is 0 Å². The Morgan fingerprint density at radius 3 is 1.91 bits per heavy atom. The molecule has 0 saturated carbocycles. The van der Waals surface area contributed by atoms with Crippen LogP contribution in [0.4, 0.5) is 39.5 Å². The SMILES string of the molecule is FC(F)(F)C(F)(F)C(F)(F)C(F)(F)CCOC1CCCCO1. The van der Waals surface area contributed by atoms with Crippen molar-refractivity contribution in [2.45, 2.75) is 55.9 Å². The fraction of sp³-hybridized carbons (Fsp3) is 1.00. The Morgan fingerprint density at radius 2 is 1.45 bits per heavy atom. The molecule has 0 aromatic rings. The van der Waals surface area contributed by atoms with Crippen molar-refractivity contribution >= 4 is 0 Å². The van der Waals surface area contributed by atoms with Gasteiger partial charge in [-0.2, -0.15) is 39.5 Å². The summed E-state index contributed by atoms with van der Waals surface area (Å²) in [5.74, 6) is -19.0. The van der Waals surface area contributed by atoms with E-state index in [0.717, 1.165) is 0 Å². The Labute approximate surface area is 119 Å². The highest BCUT2D eigenvalue weighted by Gasteiger charge is 2.81. The second-order valence-corrected chi connectivity index (χ2v) is 4.77. The van der Waals surface area contributed by atoms with E-state index < -0.39 is 43.3 Å². The van der Waals surface area contributed by atoms with Crippen molar-refractivity contribution in [3.8, 4) is 0 Å². The Bertz CT molecular complexity index is 361. The molecule has 0 bridgehead atoms. The quantitative estimate of drug-likeness (QED) is 0.663. The number of halogens is 9. The Kier molecular flexibility index (Phi) is 5.64. The maximum Gasteiger partial charge on any atom is 0.460 e. The van der Waals surface area contributed by atoms with Crippen LogP contribution in [0.15, 0.2) is 0 Å². The van der Waals surface area contributed by atoms with Crippen LogP contribution in [-0.4, -0.2) is 43.4 Å². The fourth-order valence-corrected chi connectivity index (χ4v) is 1.73. The summed E-state index contributed by atoms with van der Waals surface area (Å²) in [5, 5.41) is 0. The van der Waals surface area contributed by atoms with Crippen molar-refractivity contribution in [3.05, 3.63) is 0 Å². The summed E-state index contributed by atoms with van der Waals surface area (Å²) in [7, 11) is 0. The zero-order valence-electron chi connectivity index (χ0n) is 11.0. The molecule has 0 aliphatic carbocycles. The van der Waals surface area contributed by atoms with E-state index in [9.17, 15) is 39.5 Å². The molecule has 0 spiro atoms. The van der Waals surface area contributed by atoms with Crippen molar-refractivity contribution in [3.63, 3.8) is 0 Å². The summed E-state index contributed by atoms with van der Waals surface area (Å²) in [6.07, 6.45) is -8.14. The maximum absolute atomic E-state index is 13.1. The minimum atomic E-state index is -6.86. The third-order valence-electron chi connectivity index (χ3n) is 3.07. The second kappa shape index (κ2) is 6.42. The highest BCUT2D eigenvalue weighted by Crippen LogP contribution is 2.53. The van der Waals surface area contributed by atoms with Gasteiger partial charge in [-0.15, -0.1) is 0 Å². The van der Waals surface area contributed by atoms with Crippen LogP contribution in [-0.2, 0) is 9.47 Å². The molecular formula is C11H13F9O2. The topological polar surface area (TPSA) is 18.5 Å². The van der Waals surface area contributed by atoms with Gasteiger partial charge in [0.2, 0.25) is 0 Å². The molecule has 1 fully saturated rings. The van der Waals surface area contributed by atoms with Crippen LogP contribution in [0.2, 0.25) is 0 Å². The number of rotatable bonds is 6. The van der Waals surface area contributed by atoms with Crippen LogP contribution in [0.5, 0.6) is 0 Å². The van der Waals surface area contributed by atoms with E-state index in [4.69, 9.17) is 4.74 Å². The smallest absolute Gasteiger partial charge is 0.353 e. The lowest BCUT2D eigenvalue weighted by Gasteiger charge is -2.34. The monoisotopic (exact) mass is 348 g/mol. The van der Waals surface area contributed by atoms with Gasteiger partial charge in [0, 0.05) is 13.0 Å². The molecule has 1 aliphatic rings. The summed E-state index contributed by atoms with van der Waals surface area (Å²) < 4.78 is 122. The van der Waals surface area contributed by atoms with Gasteiger partial charge >= 0.3 is 23.9 Å². The fourth-order valence-electron chi connectivity index (χ4n) is 1.73. The molecule has 1 unspecified atom stereocenters. The number of alkyl halides is 9. The van der Waals surface area contributed by atoms with E-state index >= 15 is 0 Å². The van der Waals surface area contributed by atoms with Crippen molar-refractivity contribution in [1.29, 1.82) is 0 Å². The Balaban J connectivity index is 2.66. The van der Waals surface area contributed by atoms with Crippen molar-refractivity contribution in [2.24, 2.45) is 0 Å². The predicted molar refractivity (Wildman–Crippen MR) is 55.1 cm³/mol. The van der Waals surface area contributed by atoms with Gasteiger partial charge < -0.3 is 9.47 Å². The van der Waals surface area contributed by atoms with Gasteiger partial charge in [0.15, 0.2) is 6.29 Å². The van der Waals surface area contributed by atoms with E-state index in [1.807, 2.05) is 0 Å². The van der Waals surface area contributed by atoms with Gasteiger partial charge in [0.25, 0.3) is 0 Å². The second-order valence-electron chi connectivity index (χ2n) is 4.77. The molecule has 1 saturated heterocycles. The van der Waals surface area contributed by atoms with E-state index in [1.165, 1.54) is 0 Å². The zero-order valence-corrected chi connectivity index (χ0v) is 11.0. The predicted octanol–water partition coefficient (Wildman–Crippen LogP) is 4.39. The first kappa shape index (κ1) is 19.3. The Hall–Kier alpha value is -0.710. The summed E-state index contributed by atoms with van der Waals surface area (Å²) in [6.45, 7) is -0.884. The summed E-state index contributed by atoms with van der Waals surface area (Å²) >= 11 is 0. The first-order valence-electron chi connectivity index (χ1n) is 6.26. The molecule has 0 aromatic heterocycles. The van der Waals surface area contributed by atoms with Crippen LogP contribution in [0, 0.1) is 0 Å². The molecule has 0 aromatic carbocycles. The maximum atomic E-state index is 13.1. The van der Waals surface area contributed by atoms with Gasteiger partial charge in [0.1, 0.15) is 0 Å². The lowest BCUT2D eigenvalue weighted by Crippen LogP contribution is -2.61. The van der Waals surface area contributed by atoms with Gasteiger partial charge in [-0.05, 0) is 19.3 Å². The molecule has 1 aliphatic heterocycles. The van der Waals surface area contributed by atoms with Crippen molar-refractivity contribution in [1.82, 2.24) is 0 Å². The molecule has 1 rings (SSSR count). The van der Waals surface area contributed by atoms with E-state index in [2.05, 4.69) is 4.74 Å². The van der Waals surface area contributed by atoms with Crippen LogP contribution in [0.3, 0.4) is 0 Å². The summed E-state index contributed by atoms with van der Waals surface area (Å²) in [5.41, 5.74) is 0. The average Bonchev–Trinajstić information content (AvgIpc) is 2.38. The molecule has 2 nitrogen and oxygen atoms in total. The highest BCUT2D eigenvalue weighted by molar-refractivity contribution is 5.00. The normalized spacial score (nSPS) is 22.0. The van der Waals surface area contributed by atoms with Crippen molar-refractivity contribution < 1.29 is 49.0 Å². The highest BCUT2D eigenvalue weighted by atomic mass is 19.4. The summed E-state index contributed by atoms with van der Waals surface area (Å²) in [4.78, 5) is 0. The lowest BCUT2D eigenvalue weighted by atomic mass is 10.0. The molecule has 1 heterocycles. The largest absolute Gasteiger partial charge is 0.460 e. The van der Waals surface area contributed by atoms with E-state index in [0.29, 0.717) is 19.3 Å². The first-order valence-corrected chi connectivity index (χ1v) is 6.26. The van der Waals surface area contributed by atoms with Crippen LogP contribution in [0.25, 0.3) is 0 Å². The van der Waals surface area contributed by atoms with Crippen LogP contribution >= 0.6 is 0 Å². The standard InChI is InChI=1S/C11H13F9O2/c12-8(13,4-6-22-7-3-1-2-5-21-7)9(14,15)10(16,17)11(18,19)20/h7H,1-6H2. The van der Waals surface area contributed by atoms with E-state index in [-0.39, 0.29) is 6.61 Å². The minimum Gasteiger partial charge on any atom is -0.353 e. The minimum absolute atomic E-state index is 0.253. The molecule has 0 N–H and O–H groups in total. The molecule has 0 amide bonds. The first-order chi connectivity index (χ1) is 9.83. The molecule has 22 heavy (non-hydrogen) atoms. The molecule has 1 atom stereocenters. The third kappa shape index (κ3) is 3.79. The molecule has 132 valence electrons. The molecule has 0 radical (unpaired) electrons. The van der Waals surface area contributed by atoms with Gasteiger partial charge in [-0.25, -0.2) is 0 Å². The van der Waals surface area contributed by atoms with Gasteiger partial charge in [-0.3, -0.25) is 0 Å². The number of hydrogen-bond donors (Lipinski definition) is 0. The lowest BCUT2D eigenvalue weighted by molar-refractivity contribution is -0.397. The van der Waals surface area contributed by atoms with Crippen LogP contribution in [0.1, 0.15) is 25.7 Å². The number of ether oxygens (including phenoxy) is 2. The molecule has 11 heteroatoms. The van der Waals surface area contributed by atoms with Gasteiger partial charge in [0.05, 0.1) is 6.61 Å². The summed E-state index contributed by atoms with van der Waals surface area (Å²) in [6, 6.07) is 0. The zero-order chi connectivity index (χ0) is 17.2. The average molecular weight is 348 g/mol. The number of hydrogen-bond acceptors (Lipinski definition) is 2. The van der Waals surface area contributed by atoms with Crippen LogP contribution < -0.4 is 0 Å². The molecular weight excluding hydrogens is 335 g/mol. The Morgan fingerprint density at radius 1 is 0.864 bits per heavy atom. The van der Waals surface area contributed by atoms with Crippen molar-refractivity contribution in [2.75, 3.05) is 13.2 Å².